The summed E-state index contributed by atoms with van der Waals surface area (Å²) in [5.41, 5.74) is 6.88. The molecule has 2 aliphatic rings. The van der Waals surface area contributed by atoms with Crippen LogP contribution in [0, 0.1) is 6.92 Å². The summed E-state index contributed by atoms with van der Waals surface area (Å²) >= 11 is 13.0. The van der Waals surface area contributed by atoms with Crippen molar-refractivity contribution in [3.63, 3.8) is 0 Å². The molecule has 0 aliphatic carbocycles. The van der Waals surface area contributed by atoms with E-state index in [2.05, 4.69) is 58.3 Å². The Morgan fingerprint density at radius 3 is 2.28 bits per heavy atom. The van der Waals surface area contributed by atoms with Gasteiger partial charge in [0.2, 0.25) is 5.96 Å². The molecule has 8 rings (SSSR count). The van der Waals surface area contributed by atoms with E-state index >= 15 is 0 Å². The van der Waals surface area contributed by atoms with Crippen molar-refractivity contribution in [1.82, 2.24) is 9.78 Å². The number of aromatic nitrogens is 2. The molecule has 0 radical (unpaired) electrons. The van der Waals surface area contributed by atoms with Crippen LogP contribution < -0.4 is 9.80 Å². The largest absolute Gasteiger partial charge is 0.458 e. The zero-order valence-corrected chi connectivity index (χ0v) is 24.7. The van der Waals surface area contributed by atoms with Gasteiger partial charge in [-0.2, -0.15) is 10.1 Å². The smallest absolute Gasteiger partial charge is 0.213 e. The van der Waals surface area contributed by atoms with E-state index in [9.17, 15) is 0 Å². The molecule has 0 fully saturated rings. The number of para-hydroxylation sites is 3. The van der Waals surface area contributed by atoms with Gasteiger partial charge in [0.25, 0.3) is 0 Å². The molecule has 8 heteroatoms. The second kappa shape index (κ2) is 10.2. The number of benzene rings is 4. The summed E-state index contributed by atoms with van der Waals surface area (Å²) in [6.07, 6.45) is 0. The average Bonchev–Trinajstić information content (AvgIpc) is 3.74. The summed E-state index contributed by atoms with van der Waals surface area (Å²) < 4.78 is 8.59. The van der Waals surface area contributed by atoms with Gasteiger partial charge >= 0.3 is 0 Å². The number of hydrogen-bond acceptors (Lipinski definition) is 5. The molecule has 0 N–H and O–H groups in total. The Bertz CT molecular complexity index is 2020. The van der Waals surface area contributed by atoms with Gasteiger partial charge in [-0.25, -0.2) is 4.68 Å². The van der Waals surface area contributed by atoms with Gasteiger partial charge in [0.05, 0.1) is 44.9 Å². The molecule has 0 bridgehead atoms. The van der Waals surface area contributed by atoms with Crippen LogP contribution in [0.2, 0.25) is 10.0 Å². The molecule has 4 heterocycles. The first-order valence-electron chi connectivity index (χ1n) is 14.1. The number of aliphatic imine (C=N–C) groups is 1. The lowest BCUT2D eigenvalue weighted by molar-refractivity contribution is 0.499. The number of hydrogen-bond donors (Lipinski definition) is 0. The molecule has 210 valence electrons. The van der Waals surface area contributed by atoms with Crippen molar-refractivity contribution in [2.75, 3.05) is 9.80 Å². The molecule has 0 saturated heterocycles. The molecular formula is C35H25Cl2N5O. The minimum atomic E-state index is -0.325. The van der Waals surface area contributed by atoms with Gasteiger partial charge in [0, 0.05) is 5.56 Å². The number of anilines is 2. The van der Waals surface area contributed by atoms with E-state index in [0.717, 1.165) is 51.4 Å². The Morgan fingerprint density at radius 1 is 0.767 bits per heavy atom. The highest BCUT2D eigenvalue weighted by Crippen LogP contribution is 2.51. The van der Waals surface area contributed by atoms with E-state index in [4.69, 9.17) is 37.7 Å². The van der Waals surface area contributed by atoms with Gasteiger partial charge in [-0.3, -0.25) is 4.90 Å². The molecule has 0 amide bonds. The molecule has 6 nitrogen and oxygen atoms in total. The third-order valence-electron chi connectivity index (χ3n) is 8.01. The lowest BCUT2D eigenvalue weighted by atomic mass is 10.0. The van der Waals surface area contributed by atoms with E-state index in [0.29, 0.717) is 22.4 Å². The molecule has 43 heavy (non-hydrogen) atoms. The Balaban J connectivity index is 1.35. The Labute approximate surface area is 259 Å². The number of halogens is 2. The molecule has 4 aromatic carbocycles. The molecule has 2 aromatic heterocycles. The number of nitrogens with zero attached hydrogens (tertiary/aromatic N) is 5. The molecule has 0 spiro atoms. The number of furan rings is 1. The van der Waals surface area contributed by atoms with Crippen molar-refractivity contribution in [2.24, 2.45) is 4.99 Å². The summed E-state index contributed by atoms with van der Waals surface area (Å²) in [6, 6.07) is 38.2. The van der Waals surface area contributed by atoms with Gasteiger partial charge in [-0.15, -0.1) is 0 Å². The highest BCUT2D eigenvalue weighted by atomic mass is 35.5. The average molecular weight is 603 g/mol. The Hall–Kier alpha value is -4.78. The summed E-state index contributed by atoms with van der Waals surface area (Å²) in [7, 11) is 0. The molecular weight excluding hydrogens is 577 g/mol. The lowest BCUT2D eigenvalue weighted by Crippen LogP contribution is -2.42. The van der Waals surface area contributed by atoms with Crippen LogP contribution in [-0.4, -0.2) is 15.7 Å². The van der Waals surface area contributed by atoms with Crippen LogP contribution in [0.1, 0.15) is 28.6 Å². The summed E-state index contributed by atoms with van der Waals surface area (Å²) in [6.45, 7) is 2.70. The summed E-state index contributed by atoms with van der Waals surface area (Å²) in [5, 5.41) is 5.95. The van der Waals surface area contributed by atoms with Crippen molar-refractivity contribution >= 4 is 46.4 Å². The zero-order valence-electron chi connectivity index (χ0n) is 23.2. The fraction of sp³-hybridized carbons (Fsp3) is 0.0857. The zero-order chi connectivity index (χ0) is 29.1. The Morgan fingerprint density at radius 2 is 1.49 bits per heavy atom. The number of fused-ring (bicyclic) bond motifs is 4. The third-order valence-corrected chi connectivity index (χ3v) is 8.82. The molecule has 0 saturated carbocycles. The van der Waals surface area contributed by atoms with E-state index in [1.807, 2.05) is 72.3 Å². The van der Waals surface area contributed by atoms with Gasteiger partial charge in [0.1, 0.15) is 17.6 Å². The van der Waals surface area contributed by atoms with Crippen molar-refractivity contribution in [1.29, 1.82) is 0 Å². The van der Waals surface area contributed by atoms with Crippen molar-refractivity contribution in [2.45, 2.75) is 19.5 Å². The summed E-state index contributed by atoms with van der Waals surface area (Å²) in [4.78, 5) is 9.90. The number of guanidine groups is 1. The SMILES string of the molecule is Cc1nn(-c2ccccc2)c2c1[C@@H](c1ccc(-c3cccc(Cl)c3Cl)o1)N1C(=N2)N(Cc2ccccc2)c2ccccc21. The normalized spacial score (nSPS) is 15.2. The highest BCUT2D eigenvalue weighted by molar-refractivity contribution is 6.43. The lowest BCUT2D eigenvalue weighted by Gasteiger charge is -2.33. The number of aryl methyl sites for hydroxylation is 1. The first-order valence-corrected chi connectivity index (χ1v) is 14.8. The first kappa shape index (κ1) is 25.9. The van der Waals surface area contributed by atoms with Crippen molar-refractivity contribution < 1.29 is 4.42 Å². The monoisotopic (exact) mass is 601 g/mol. The molecule has 1 atom stereocenters. The second-order valence-corrected chi connectivity index (χ2v) is 11.4. The maximum absolute atomic E-state index is 6.65. The van der Waals surface area contributed by atoms with E-state index in [1.165, 1.54) is 5.56 Å². The standard InChI is InChI=1S/C35H25Cl2N5O/c1-22-31-33(30-20-19-29(43-30)25-15-10-16-26(36)32(25)37)41-28-18-9-8-17-27(28)40(21-23-11-4-2-5-12-23)35(41)38-34(31)42(39-22)24-13-6-3-7-14-24/h2-20,33H,21H2,1H3/t33-/m1/s1. The van der Waals surface area contributed by atoms with Crippen LogP contribution >= 0.6 is 23.2 Å². The van der Waals surface area contributed by atoms with Crippen molar-refractivity contribution in [3.05, 3.63) is 148 Å². The molecule has 6 aromatic rings. The first-order chi connectivity index (χ1) is 21.1. The van der Waals surface area contributed by atoms with Crippen LogP contribution in [0.5, 0.6) is 0 Å². The van der Waals surface area contributed by atoms with Gasteiger partial charge in [-0.05, 0) is 61.0 Å². The fourth-order valence-corrected chi connectivity index (χ4v) is 6.46. The van der Waals surface area contributed by atoms with E-state index in [1.54, 1.807) is 6.07 Å². The van der Waals surface area contributed by atoms with Crippen LogP contribution in [-0.2, 0) is 6.54 Å². The second-order valence-electron chi connectivity index (χ2n) is 10.6. The van der Waals surface area contributed by atoms with E-state index < -0.39 is 0 Å². The third kappa shape index (κ3) is 4.17. The maximum Gasteiger partial charge on any atom is 0.213 e. The minimum Gasteiger partial charge on any atom is -0.458 e. The summed E-state index contributed by atoms with van der Waals surface area (Å²) in [5.74, 6) is 3.00. The predicted molar refractivity (Wildman–Crippen MR) is 173 cm³/mol. The molecule has 2 aliphatic heterocycles. The maximum atomic E-state index is 6.65. The fourth-order valence-electron chi connectivity index (χ4n) is 6.07. The van der Waals surface area contributed by atoms with Gasteiger partial charge < -0.3 is 9.32 Å². The Kier molecular flexibility index (Phi) is 6.14. The number of rotatable bonds is 5. The van der Waals surface area contributed by atoms with Gasteiger partial charge in [0.15, 0.2) is 5.82 Å². The van der Waals surface area contributed by atoms with Crippen molar-refractivity contribution in [3.8, 4) is 17.0 Å². The van der Waals surface area contributed by atoms with Crippen LogP contribution in [0.25, 0.3) is 17.0 Å². The predicted octanol–water partition coefficient (Wildman–Crippen LogP) is 9.36. The quantitative estimate of drug-likeness (QED) is 0.197. The molecule has 0 unspecified atom stereocenters. The van der Waals surface area contributed by atoms with Crippen LogP contribution in [0.3, 0.4) is 0 Å². The van der Waals surface area contributed by atoms with Crippen LogP contribution in [0.4, 0.5) is 17.2 Å². The minimum absolute atomic E-state index is 0.325. The van der Waals surface area contributed by atoms with Crippen LogP contribution in [0.15, 0.2) is 125 Å². The van der Waals surface area contributed by atoms with Gasteiger partial charge in [-0.1, -0.05) is 89.9 Å². The highest BCUT2D eigenvalue weighted by Gasteiger charge is 2.45. The topological polar surface area (TPSA) is 49.8 Å². The van der Waals surface area contributed by atoms with E-state index in [-0.39, 0.29) is 6.04 Å².